The molecule has 0 fully saturated rings. The van der Waals surface area contributed by atoms with E-state index in [1.165, 1.54) is 0 Å². The third-order valence-corrected chi connectivity index (χ3v) is 3.58. The Morgan fingerprint density at radius 3 is 2.22 bits per heavy atom. The average Bonchev–Trinajstić information content (AvgIpc) is 1.89. The standard InChI is InChI=1S/C4H11O3P.Al/c1-3-7-8(5,6)4-2;/h3-4H2,1-2H3,(H,5,6);/q;+1/p-1. The largest absolute Gasteiger partial charge is 0.455 e. The fourth-order valence-corrected chi connectivity index (χ4v) is 1.81. The molecule has 0 N–H and O–H groups in total. The Kier molecular flexibility index (Phi) is 4.83. The van der Waals surface area contributed by atoms with Gasteiger partial charge in [0.15, 0.2) is 0 Å². The molecule has 0 rings (SSSR count). The van der Waals surface area contributed by atoms with E-state index in [1.807, 2.05) is 16.6 Å². The van der Waals surface area contributed by atoms with Crippen LogP contribution < -0.4 is 0 Å². The zero-order valence-electron chi connectivity index (χ0n) is 5.66. The summed E-state index contributed by atoms with van der Waals surface area (Å²) >= 11 is 1.95. The Hall–Kier alpha value is 0.682. The number of rotatable bonds is 4. The number of hydrogen-bond acceptors (Lipinski definition) is 3. The fraction of sp³-hybridized carbons (Fsp3) is 1.00. The molecule has 0 aliphatic rings. The Balaban J connectivity index is 3.78. The van der Waals surface area contributed by atoms with Gasteiger partial charge >= 0.3 is 24.2 Å². The van der Waals surface area contributed by atoms with Gasteiger partial charge in [-0.15, -0.1) is 0 Å². The summed E-state index contributed by atoms with van der Waals surface area (Å²) in [4.78, 5) is 0. The van der Waals surface area contributed by atoms with Crippen LogP contribution in [0.2, 0.25) is 0 Å². The summed E-state index contributed by atoms with van der Waals surface area (Å²) in [5.74, 6) is 0. The van der Waals surface area contributed by atoms with Gasteiger partial charge in [0, 0.05) is 6.16 Å². The Morgan fingerprint density at radius 1 is 1.56 bits per heavy atom. The van der Waals surface area contributed by atoms with Crippen LogP contribution in [0.5, 0.6) is 0 Å². The van der Waals surface area contributed by atoms with E-state index >= 15 is 0 Å². The maximum Gasteiger partial charge on any atom is 0.385 e. The van der Waals surface area contributed by atoms with Crippen LogP contribution in [0.15, 0.2) is 0 Å². The monoisotopic (exact) mass is 164 g/mol. The first-order chi connectivity index (χ1) is 4.18. The summed E-state index contributed by atoms with van der Waals surface area (Å²) in [6.07, 6.45) is 0.421. The number of hydrogen-bond donors (Lipinski definition) is 0. The van der Waals surface area contributed by atoms with Gasteiger partial charge in [0.1, 0.15) is 0 Å². The summed E-state index contributed by atoms with van der Waals surface area (Å²) in [5, 5.41) is 0. The zero-order chi connectivity index (χ0) is 7.33. The van der Waals surface area contributed by atoms with E-state index < -0.39 is 7.60 Å². The van der Waals surface area contributed by atoms with Crippen LogP contribution in [0.25, 0.3) is 0 Å². The van der Waals surface area contributed by atoms with Crippen molar-refractivity contribution in [2.24, 2.45) is 0 Å². The molecule has 0 heterocycles. The minimum atomic E-state index is -2.72. The lowest BCUT2D eigenvalue weighted by molar-refractivity contribution is 0.286. The van der Waals surface area contributed by atoms with Crippen LogP contribution in [0.1, 0.15) is 13.8 Å². The Morgan fingerprint density at radius 2 is 2.11 bits per heavy atom. The molecule has 52 valence electrons. The minimum Gasteiger partial charge on any atom is -0.455 e. The van der Waals surface area contributed by atoms with Crippen LogP contribution in [0.3, 0.4) is 0 Å². The second-order valence-electron chi connectivity index (χ2n) is 1.45. The van der Waals surface area contributed by atoms with Crippen molar-refractivity contribution in [3.8, 4) is 0 Å². The second-order valence-corrected chi connectivity index (χ2v) is 4.41. The third-order valence-electron chi connectivity index (χ3n) is 0.874. The van der Waals surface area contributed by atoms with Crippen LogP contribution in [-0.4, -0.2) is 29.4 Å². The molecule has 9 heavy (non-hydrogen) atoms. The molecule has 0 amide bonds. The first-order valence-corrected chi connectivity index (χ1v) is 5.00. The summed E-state index contributed by atoms with van der Waals surface area (Å²) in [7, 11) is -2.72. The summed E-state index contributed by atoms with van der Waals surface area (Å²) in [6.45, 7) is 3.98. The van der Waals surface area contributed by atoms with E-state index in [-0.39, 0.29) is 0 Å². The van der Waals surface area contributed by atoms with Crippen LogP contribution in [-0.2, 0) is 12.7 Å². The van der Waals surface area contributed by atoms with Crippen molar-refractivity contribution in [2.75, 3.05) is 12.8 Å². The SMILES string of the molecule is CCOP(=O)(CC)[O][Al]. The maximum absolute atomic E-state index is 11.1. The molecular formula is C4H10AlO3P. The van der Waals surface area contributed by atoms with Crippen molar-refractivity contribution in [2.45, 2.75) is 13.8 Å². The predicted molar refractivity (Wildman–Crippen MR) is 36.6 cm³/mol. The molecule has 0 aromatic rings. The lowest BCUT2D eigenvalue weighted by Crippen LogP contribution is -1.94. The molecule has 0 aliphatic carbocycles. The van der Waals surface area contributed by atoms with Gasteiger partial charge in [0.2, 0.25) is 0 Å². The molecule has 0 bridgehead atoms. The predicted octanol–water partition coefficient (Wildman–Crippen LogP) is 1.34. The smallest absolute Gasteiger partial charge is 0.385 e. The van der Waals surface area contributed by atoms with E-state index in [0.29, 0.717) is 12.8 Å². The molecule has 0 aliphatic heterocycles. The van der Waals surface area contributed by atoms with E-state index in [1.54, 1.807) is 13.8 Å². The average molecular weight is 164 g/mol. The third kappa shape index (κ3) is 3.40. The highest BCUT2D eigenvalue weighted by atomic mass is 31.2. The van der Waals surface area contributed by atoms with Crippen molar-refractivity contribution in [3.63, 3.8) is 0 Å². The Labute approximate surface area is 64.0 Å². The molecule has 5 heteroatoms. The van der Waals surface area contributed by atoms with Crippen LogP contribution >= 0.6 is 7.60 Å². The highest BCUT2D eigenvalue weighted by molar-refractivity contribution is 7.54. The molecule has 0 aromatic heterocycles. The highest BCUT2D eigenvalue weighted by Crippen LogP contribution is 2.45. The second kappa shape index (κ2) is 4.49. The molecule has 3 nitrogen and oxygen atoms in total. The van der Waals surface area contributed by atoms with E-state index in [2.05, 4.69) is 3.58 Å². The van der Waals surface area contributed by atoms with Gasteiger partial charge in [-0.1, -0.05) is 6.92 Å². The van der Waals surface area contributed by atoms with Crippen molar-refractivity contribution >= 4 is 24.2 Å². The molecule has 1 unspecified atom stereocenters. The van der Waals surface area contributed by atoms with E-state index in [0.717, 1.165) is 0 Å². The van der Waals surface area contributed by atoms with Crippen molar-refractivity contribution in [3.05, 3.63) is 0 Å². The minimum absolute atomic E-state index is 0.421. The summed E-state index contributed by atoms with van der Waals surface area (Å²) < 4.78 is 20.5. The molecule has 0 saturated heterocycles. The molecular weight excluding hydrogens is 154 g/mol. The summed E-state index contributed by atoms with van der Waals surface area (Å²) in [6, 6.07) is 0. The van der Waals surface area contributed by atoms with Gasteiger partial charge in [0.25, 0.3) is 0 Å². The zero-order valence-corrected chi connectivity index (χ0v) is 7.71. The lowest BCUT2D eigenvalue weighted by Gasteiger charge is -2.14. The lowest BCUT2D eigenvalue weighted by atomic mass is 10.9. The topological polar surface area (TPSA) is 35.5 Å². The molecule has 0 saturated carbocycles. The van der Waals surface area contributed by atoms with Crippen molar-refractivity contribution < 1.29 is 12.7 Å². The maximum atomic E-state index is 11.1. The quantitative estimate of drug-likeness (QED) is 0.464. The molecule has 0 spiro atoms. The van der Waals surface area contributed by atoms with Crippen LogP contribution in [0, 0.1) is 0 Å². The first-order valence-electron chi connectivity index (χ1n) is 2.80. The van der Waals surface area contributed by atoms with Crippen molar-refractivity contribution in [1.82, 2.24) is 0 Å². The van der Waals surface area contributed by atoms with Gasteiger partial charge < -0.3 is 8.10 Å². The van der Waals surface area contributed by atoms with Gasteiger partial charge in [-0.2, -0.15) is 0 Å². The molecule has 1 atom stereocenters. The van der Waals surface area contributed by atoms with Gasteiger partial charge in [-0.05, 0) is 6.92 Å². The van der Waals surface area contributed by atoms with Crippen molar-refractivity contribution in [1.29, 1.82) is 0 Å². The van der Waals surface area contributed by atoms with Crippen LogP contribution in [0.4, 0.5) is 0 Å². The molecule has 2 radical (unpaired) electrons. The van der Waals surface area contributed by atoms with Gasteiger partial charge in [0.05, 0.1) is 6.61 Å². The normalized spacial score (nSPS) is 17.1. The van der Waals surface area contributed by atoms with Gasteiger partial charge in [-0.25, -0.2) is 0 Å². The fourth-order valence-electron chi connectivity index (χ4n) is 0.393. The Bertz CT molecular complexity index is 108. The highest BCUT2D eigenvalue weighted by Gasteiger charge is 2.15. The summed E-state index contributed by atoms with van der Waals surface area (Å²) in [5.41, 5.74) is 0. The van der Waals surface area contributed by atoms with Gasteiger partial charge in [-0.3, -0.25) is 4.57 Å². The first kappa shape index (κ1) is 9.68. The van der Waals surface area contributed by atoms with E-state index in [4.69, 9.17) is 4.52 Å². The molecule has 0 aromatic carbocycles. The van der Waals surface area contributed by atoms with E-state index in [9.17, 15) is 4.57 Å².